The summed E-state index contributed by atoms with van der Waals surface area (Å²) in [6.45, 7) is 0.650. The van der Waals surface area contributed by atoms with E-state index in [2.05, 4.69) is 0 Å². The maximum Gasteiger partial charge on any atom is 0.244 e. The fourth-order valence-electron chi connectivity index (χ4n) is 2.18. The quantitative estimate of drug-likeness (QED) is 0.777. The summed E-state index contributed by atoms with van der Waals surface area (Å²) in [6.07, 6.45) is 1.96. The van der Waals surface area contributed by atoms with Gasteiger partial charge in [-0.1, -0.05) is 12.1 Å². The fraction of sp³-hybridized carbons (Fsp3) is 0.385. The van der Waals surface area contributed by atoms with Crippen LogP contribution in [0, 0.1) is 17.2 Å². The second-order valence-corrected chi connectivity index (χ2v) is 6.39. The normalized spacial score (nSPS) is 17.8. The zero-order chi connectivity index (χ0) is 13.9. The lowest BCUT2D eigenvalue weighted by Gasteiger charge is -2.29. The highest BCUT2D eigenvalue weighted by Gasteiger charge is 2.30. The topological polar surface area (TPSA) is 78.2 Å². The molecule has 6 heteroatoms. The number of nitrogens with zero attached hydrogens (tertiary/aromatic N) is 2. The van der Waals surface area contributed by atoms with Gasteiger partial charge in [-0.05, 0) is 25.0 Å². The SMILES string of the molecule is N#Cc1ccccc1S(=O)(=O)N1CCC(C=O)CC1. The van der Waals surface area contributed by atoms with Gasteiger partial charge in [-0.25, -0.2) is 8.42 Å². The number of rotatable bonds is 3. The fourth-order valence-corrected chi connectivity index (χ4v) is 3.79. The van der Waals surface area contributed by atoms with Crippen LogP contribution in [0.25, 0.3) is 0 Å². The minimum Gasteiger partial charge on any atom is -0.303 e. The summed E-state index contributed by atoms with van der Waals surface area (Å²) in [4.78, 5) is 10.7. The summed E-state index contributed by atoms with van der Waals surface area (Å²) in [5.41, 5.74) is 0.153. The first-order chi connectivity index (χ1) is 9.09. The van der Waals surface area contributed by atoms with E-state index in [0.717, 1.165) is 6.29 Å². The number of hydrogen-bond acceptors (Lipinski definition) is 4. The summed E-state index contributed by atoms with van der Waals surface area (Å²) in [5.74, 6) is -0.0577. The van der Waals surface area contributed by atoms with Gasteiger partial charge in [0.05, 0.1) is 10.5 Å². The van der Waals surface area contributed by atoms with Crippen LogP contribution >= 0.6 is 0 Å². The van der Waals surface area contributed by atoms with Crippen LogP contribution in [-0.2, 0) is 14.8 Å². The van der Waals surface area contributed by atoms with E-state index < -0.39 is 10.0 Å². The van der Waals surface area contributed by atoms with Crippen molar-refractivity contribution in [2.24, 2.45) is 5.92 Å². The Morgan fingerprint density at radius 1 is 1.26 bits per heavy atom. The zero-order valence-electron chi connectivity index (χ0n) is 10.3. The van der Waals surface area contributed by atoms with Crippen LogP contribution in [0.15, 0.2) is 29.2 Å². The predicted molar refractivity (Wildman–Crippen MR) is 68.7 cm³/mol. The zero-order valence-corrected chi connectivity index (χ0v) is 11.1. The van der Waals surface area contributed by atoms with Gasteiger partial charge in [0.25, 0.3) is 0 Å². The number of carbonyl (C=O) groups is 1. The number of benzene rings is 1. The number of aldehydes is 1. The Bertz CT molecular complexity index is 611. The molecule has 5 nitrogen and oxygen atoms in total. The number of carbonyl (C=O) groups excluding carboxylic acids is 1. The smallest absolute Gasteiger partial charge is 0.244 e. The number of nitriles is 1. The average molecular weight is 278 g/mol. The third-order valence-corrected chi connectivity index (χ3v) is 5.27. The van der Waals surface area contributed by atoms with E-state index in [0.29, 0.717) is 25.9 Å². The Morgan fingerprint density at radius 3 is 2.47 bits per heavy atom. The van der Waals surface area contributed by atoms with Crippen molar-refractivity contribution < 1.29 is 13.2 Å². The van der Waals surface area contributed by atoms with Gasteiger partial charge in [0, 0.05) is 19.0 Å². The summed E-state index contributed by atoms with van der Waals surface area (Å²) < 4.78 is 26.2. The largest absolute Gasteiger partial charge is 0.303 e. The Morgan fingerprint density at radius 2 is 1.89 bits per heavy atom. The van der Waals surface area contributed by atoms with Crippen LogP contribution in [0.1, 0.15) is 18.4 Å². The lowest BCUT2D eigenvalue weighted by atomic mass is 10.0. The third kappa shape index (κ3) is 2.67. The molecule has 1 aliphatic rings. The minimum atomic E-state index is -3.64. The molecule has 1 aliphatic heterocycles. The standard InChI is InChI=1S/C13H14N2O3S/c14-9-12-3-1-2-4-13(12)19(17,18)15-7-5-11(10-16)6-8-15/h1-4,10-11H,5-8H2. The van der Waals surface area contributed by atoms with Crippen molar-refractivity contribution in [1.29, 1.82) is 5.26 Å². The van der Waals surface area contributed by atoms with Crippen molar-refractivity contribution >= 4 is 16.3 Å². The van der Waals surface area contributed by atoms with Gasteiger partial charge < -0.3 is 4.79 Å². The van der Waals surface area contributed by atoms with Crippen molar-refractivity contribution in [1.82, 2.24) is 4.31 Å². The second-order valence-electron chi connectivity index (χ2n) is 4.49. The molecule has 100 valence electrons. The lowest BCUT2D eigenvalue weighted by Crippen LogP contribution is -2.39. The van der Waals surface area contributed by atoms with Crippen LogP contribution in [0.2, 0.25) is 0 Å². The molecule has 1 heterocycles. The van der Waals surface area contributed by atoms with E-state index in [9.17, 15) is 13.2 Å². The van der Waals surface area contributed by atoms with Crippen molar-refractivity contribution in [3.05, 3.63) is 29.8 Å². The van der Waals surface area contributed by atoms with E-state index >= 15 is 0 Å². The summed E-state index contributed by atoms with van der Waals surface area (Å²) in [7, 11) is -3.64. The monoisotopic (exact) mass is 278 g/mol. The second kappa shape index (κ2) is 5.51. The third-order valence-electron chi connectivity index (χ3n) is 3.32. The molecule has 0 aliphatic carbocycles. The molecular formula is C13H14N2O3S. The van der Waals surface area contributed by atoms with Crippen LogP contribution < -0.4 is 0 Å². The summed E-state index contributed by atoms with van der Waals surface area (Å²) >= 11 is 0. The van der Waals surface area contributed by atoms with E-state index in [-0.39, 0.29) is 16.4 Å². The first kappa shape index (κ1) is 13.7. The van der Waals surface area contributed by atoms with Crippen LogP contribution in [0.4, 0.5) is 0 Å². The maximum atomic E-state index is 12.4. The molecule has 2 rings (SSSR count). The van der Waals surface area contributed by atoms with Crippen molar-refractivity contribution in [2.75, 3.05) is 13.1 Å². The molecule has 0 saturated carbocycles. The Labute approximate surface area is 112 Å². The molecule has 1 fully saturated rings. The molecule has 0 N–H and O–H groups in total. The van der Waals surface area contributed by atoms with Crippen LogP contribution in [0.5, 0.6) is 0 Å². The van der Waals surface area contributed by atoms with Crippen LogP contribution in [0.3, 0.4) is 0 Å². The van der Waals surface area contributed by atoms with E-state index in [1.54, 1.807) is 12.1 Å². The molecule has 0 atom stereocenters. The lowest BCUT2D eigenvalue weighted by molar-refractivity contribution is -0.112. The molecule has 0 bridgehead atoms. The molecule has 19 heavy (non-hydrogen) atoms. The first-order valence-corrected chi connectivity index (χ1v) is 7.48. The first-order valence-electron chi connectivity index (χ1n) is 6.04. The van der Waals surface area contributed by atoms with Gasteiger partial charge in [-0.15, -0.1) is 0 Å². The maximum absolute atomic E-state index is 12.4. The Kier molecular flexibility index (Phi) is 3.98. The number of piperidine rings is 1. The average Bonchev–Trinajstić information content (AvgIpc) is 2.47. The van der Waals surface area contributed by atoms with E-state index in [1.165, 1.54) is 16.4 Å². The van der Waals surface area contributed by atoms with E-state index in [1.807, 2.05) is 6.07 Å². The highest BCUT2D eigenvalue weighted by molar-refractivity contribution is 7.89. The van der Waals surface area contributed by atoms with Gasteiger partial charge in [-0.3, -0.25) is 0 Å². The van der Waals surface area contributed by atoms with Gasteiger partial charge in [0.15, 0.2) is 0 Å². The molecule has 0 amide bonds. The highest BCUT2D eigenvalue weighted by atomic mass is 32.2. The van der Waals surface area contributed by atoms with Crippen molar-refractivity contribution in [2.45, 2.75) is 17.7 Å². The van der Waals surface area contributed by atoms with Gasteiger partial charge in [0.2, 0.25) is 10.0 Å². The van der Waals surface area contributed by atoms with E-state index in [4.69, 9.17) is 5.26 Å². The van der Waals surface area contributed by atoms with Gasteiger partial charge in [0.1, 0.15) is 12.4 Å². The molecule has 0 unspecified atom stereocenters. The molecule has 1 aromatic carbocycles. The van der Waals surface area contributed by atoms with Crippen molar-refractivity contribution in [3.8, 4) is 6.07 Å². The predicted octanol–water partition coefficient (Wildman–Crippen LogP) is 1.16. The minimum absolute atomic E-state index is 0.0436. The Balaban J connectivity index is 2.29. The number of hydrogen-bond donors (Lipinski definition) is 0. The summed E-state index contributed by atoms with van der Waals surface area (Å²) in [5, 5.41) is 8.98. The van der Waals surface area contributed by atoms with Gasteiger partial charge >= 0.3 is 0 Å². The molecule has 1 saturated heterocycles. The Hall–Kier alpha value is -1.71. The number of sulfonamides is 1. The highest BCUT2D eigenvalue weighted by Crippen LogP contribution is 2.24. The van der Waals surface area contributed by atoms with Gasteiger partial charge in [-0.2, -0.15) is 9.57 Å². The summed E-state index contributed by atoms with van der Waals surface area (Å²) in [6, 6.07) is 8.07. The molecule has 0 aromatic heterocycles. The van der Waals surface area contributed by atoms with Crippen LogP contribution in [-0.4, -0.2) is 32.1 Å². The van der Waals surface area contributed by atoms with Crippen molar-refractivity contribution in [3.63, 3.8) is 0 Å². The molecule has 0 spiro atoms. The molecular weight excluding hydrogens is 264 g/mol. The molecule has 1 aromatic rings. The molecule has 0 radical (unpaired) electrons.